The Morgan fingerprint density at radius 3 is 3.12 bits per heavy atom. The third kappa shape index (κ3) is 1.38. The molecule has 16 heavy (non-hydrogen) atoms. The van der Waals surface area contributed by atoms with Gasteiger partial charge in [0.15, 0.2) is 0 Å². The molecule has 0 radical (unpaired) electrons. The second-order valence-electron chi connectivity index (χ2n) is 4.20. The Bertz CT molecular complexity index is 485. The van der Waals surface area contributed by atoms with Crippen molar-refractivity contribution in [1.29, 1.82) is 0 Å². The van der Waals surface area contributed by atoms with Crippen LogP contribution in [0.3, 0.4) is 0 Å². The van der Waals surface area contributed by atoms with Crippen LogP contribution in [0.4, 0.5) is 0 Å². The van der Waals surface area contributed by atoms with E-state index in [0.29, 0.717) is 0 Å². The van der Waals surface area contributed by atoms with Crippen LogP contribution in [-0.4, -0.2) is 19.6 Å². The number of H-pyrrole nitrogens is 1. The summed E-state index contributed by atoms with van der Waals surface area (Å²) in [6, 6.07) is 2.02. The highest BCUT2D eigenvalue weighted by atomic mass is 16.3. The molecule has 0 aromatic carbocycles. The molecule has 0 atom stereocenters. The smallest absolute Gasteiger partial charge is 0.142 e. The monoisotopic (exact) mass is 217 g/mol. The van der Waals surface area contributed by atoms with Crippen molar-refractivity contribution in [3.8, 4) is 11.4 Å². The largest absolute Gasteiger partial charge is 0.390 e. The highest BCUT2D eigenvalue weighted by molar-refractivity contribution is 5.56. The number of hydrogen-bond donors (Lipinski definition) is 2. The number of imidazole rings is 1. The van der Waals surface area contributed by atoms with E-state index >= 15 is 0 Å². The van der Waals surface area contributed by atoms with E-state index in [4.69, 9.17) is 0 Å². The van der Waals surface area contributed by atoms with E-state index in [2.05, 4.69) is 14.5 Å². The zero-order valence-electron chi connectivity index (χ0n) is 9.11. The number of nitrogens with one attached hydrogen (secondary N) is 1. The van der Waals surface area contributed by atoms with Gasteiger partial charge in [0, 0.05) is 30.2 Å². The summed E-state index contributed by atoms with van der Waals surface area (Å²) in [7, 11) is 0. The fraction of sp³-hybridized carbons (Fsp3) is 0.417. The van der Waals surface area contributed by atoms with Gasteiger partial charge in [0.05, 0.1) is 12.3 Å². The maximum atomic E-state index is 9.32. The first-order chi connectivity index (χ1) is 7.90. The Kier molecular flexibility index (Phi) is 2.29. The van der Waals surface area contributed by atoms with Crippen molar-refractivity contribution in [3.05, 3.63) is 29.8 Å². The Balaban J connectivity index is 2.15. The molecule has 4 heteroatoms. The van der Waals surface area contributed by atoms with Crippen molar-refractivity contribution in [2.75, 3.05) is 0 Å². The number of hydrogen-bond acceptors (Lipinski definition) is 2. The zero-order chi connectivity index (χ0) is 11.0. The lowest BCUT2D eigenvalue weighted by molar-refractivity contribution is 0.275. The van der Waals surface area contributed by atoms with Gasteiger partial charge >= 0.3 is 0 Å². The molecule has 2 aromatic rings. The fourth-order valence-corrected chi connectivity index (χ4v) is 2.43. The molecule has 0 saturated heterocycles. The predicted octanol–water partition coefficient (Wildman–Crippen LogP) is 1.71. The molecular formula is C12H15N3O. The SMILES string of the molecule is OCc1nc(-c2cc[nH]c2)n2c1CCCC2. The van der Waals surface area contributed by atoms with Crippen LogP contribution in [0.5, 0.6) is 0 Å². The summed E-state index contributed by atoms with van der Waals surface area (Å²) in [5.74, 6) is 0.986. The molecule has 4 nitrogen and oxygen atoms in total. The van der Waals surface area contributed by atoms with E-state index in [9.17, 15) is 5.11 Å². The number of aromatic amines is 1. The Morgan fingerprint density at radius 1 is 1.44 bits per heavy atom. The summed E-state index contributed by atoms with van der Waals surface area (Å²) >= 11 is 0. The second-order valence-corrected chi connectivity index (χ2v) is 4.20. The lowest BCUT2D eigenvalue weighted by Crippen LogP contribution is -2.11. The highest BCUT2D eigenvalue weighted by Crippen LogP contribution is 2.27. The van der Waals surface area contributed by atoms with E-state index in [1.807, 2.05) is 18.5 Å². The summed E-state index contributed by atoms with van der Waals surface area (Å²) in [5.41, 5.74) is 3.16. The molecule has 0 unspecified atom stereocenters. The van der Waals surface area contributed by atoms with Crippen LogP contribution in [0.15, 0.2) is 18.5 Å². The molecule has 84 valence electrons. The number of fused-ring (bicyclic) bond motifs is 1. The number of rotatable bonds is 2. The van der Waals surface area contributed by atoms with E-state index < -0.39 is 0 Å². The Morgan fingerprint density at radius 2 is 2.38 bits per heavy atom. The van der Waals surface area contributed by atoms with Gasteiger partial charge in [0.2, 0.25) is 0 Å². The van der Waals surface area contributed by atoms with Crippen LogP contribution >= 0.6 is 0 Å². The number of aromatic nitrogens is 3. The predicted molar refractivity (Wildman–Crippen MR) is 60.9 cm³/mol. The van der Waals surface area contributed by atoms with Gasteiger partial charge in [-0.1, -0.05) is 0 Å². The number of aliphatic hydroxyl groups is 1. The molecule has 1 aliphatic heterocycles. The molecule has 0 bridgehead atoms. The van der Waals surface area contributed by atoms with Crippen LogP contribution in [0.1, 0.15) is 24.2 Å². The summed E-state index contributed by atoms with van der Waals surface area (Å²) < 4.78 is 2.25. The van der Waals surface area contributed by atoms with Crippen molar-refractivity contribution in [2.24, 2.45) is 0 Å². The van der Waals surface area contributed by atoms with E-state index in [1.165, 1.54) is 18.5 Å². The first-order valence-electron chi connectivity index (χ1n) is 5.72. The fourth-order valence-electron chi connectivity index (χ4n) is 2.43. The van der Waals surface area contributed by atoms with Crippen molar-refractivity contribution >= 4 is 0 Å². The molecule has 0 saturated carbocycles. The summed E-state index contributed by atoms with van der Waals surface area (Å²) in [4.78, 5) is 7.59. The van der Waals surface area contributed by atoms with Crippen molar-refractivity contribution in [3.63, 3.8) is 0 Å². The van der Waals surface area contributed by atoms with Gasteiger partial charge in [0.1, 0.15) is 5.82 Å². The third-order valence-corrected chi connectivity index (χ3v) is 3.21. The number of nitrogens with zero attached hydrogens (tertiary/aromatic N) is 2. The average Bonchev–Trinajstić information content (AvgIpc) is 2.95. The van der Waals surface area contributed by atoms with Crippen molar-refractivity contribution in [2.45, 2.75) is 32.4 Å². The average molecular weight is 217 g/mol. The van der Waals surface area contributed by atoms with E-state index in [-0.39, 0.29) is 6.61 Å². The topological polar surface area (TPSA) is 53.8 Å². The molecule has 0 spiro atoms. The minimum Gasteiger partial charge on any atom is -0.390 e. The molecule has 2 aromatic heterocycles. The summed E-state index contributed by atoms with van der Waals surface area (Å²) in [6.07, 6.45) is 7.29. The third-order valence-electron chi connectivity index (χ3n) is 3.21. The molecule has 0 aliphatic carbocycles. The molecule has 0 fully saturated rings. The minimum atomic E-state index is 0.0414. The van der Waals surface area contributed by atoms with Gasteiger partial charge in [-0.25, -0.2) is 4.98 Å². The first kappa shape index (κ1) is 9.66. The van der Waals surface area contributed by atoms with E-state index in [1.54, 1.807) is 0 Å². The highest BCUT2D eigenvalue weighted by Gasteiger charge is 2.20. The zero-order valence-corrected chi connectivity index (χ0v) is 9.11. The summed E-state index contributed by atoms with van der Waals surface area (Å²) in [6.45, 7) is 1.06. The van der Waals surface area contributed by atoms with Gasteiger partial charge in [-0.2, -0.15) is 0 Å². The Hall–Kier alpha value is -1.55. The van der Waals surface area contributed by atoms with Crippen molar-refractivity contribution < 1.29 is 5.11 Å². The van der Waals surface area contributed by atoms with E-state index in [0.717, 1.165) is 30.0 Å². The quantitative estimate of drug-likeness (QED) is 0.804. The standard InChI is InChI=1S/C12H15N3O/c16-8-10-11-3-1-2-6-15(11)12(14-10)9-4-5-13-7-9/h4-5,7,13,16H,1-3,6,8H2. The lowest BCUT2D eigenvalue weighted by Gasteiger charge is -2.16. The Labute approximate surface area is 93.9 Å². The van der Waals surface area contributed by atoms with Crippen LogP contribution in [-0.2, 0) is 19.6 Å². The summed E-state index contributed by atoms with van der Waals surface area (Å²) in [5, 5.41) is 9.32. The van der Waals surface area contributed by atoms with Gasteiger partial charge in [-0.3, -0.25) is 0 Å². The van der Waals surface area contributed by atoms with Gasteiger partial charge in [-0.15, -0.1) is 0 Å². The van der Waals surface area contributed by atoms with Crippen LogP contribution in [0.25, 0.3) is 11.4 Å². The lowest BCUT2D eigenvalue weighted by atomic mass is 10.1. The molecule has 3 heterocycles. The minimum absolute atomic E-state index is 0.0414. The molecular weight excluding hydrogens is 202 g/mol. The maximum Gasteiger partial charge on any atom is 0.142 e. The van der Waals surface area contributed by atoms with Gasteiger partial charge in [-0.05, 0) is 25.3 Å². The normalized spacial score (nSPS) is 15.1. The van der Waals surface area contributed by atoms with Gasteiger partial charge < -0.3 is 14.7 Å². The van der Waals surface area contributed by atoms with Crippen LogP contribution < -0.4 is 0 Å². The first-order valence-corrected chi connectivity index (χ1v) is 5.72. The van der Waals surface area contributed by atoms with Gasteiger partial charge in [0.25, 0.3) is 0 Å². The molecule has 0 amide bonds. The maximum absolute atomic E-state index is 9.32. The molecule has 1 aliphatic rings. The van der Waals surface area contributed by atoms with Crippen molar-refractivity contribution in [1.82, 2.24) is 14.5 Å². The molecule has 3 rings (SSSR count). The van der Waals surface area contributed by atoms with Crippen LogP contribution in [0, 0.1) is 0 Å². The number of aliphatic hydroxyl groups excluding tert-OH is 1. The molecule has 2 N–H and O–H groups in total. The van der Waals surface area contributed by atoms with Crippen LogP contribution in [0.2, 0.25) is 0 Å². The second kappa shape index (κ2) is 3.79.